The number of rotatable bonds is 10. The number of benzene rings is 3. The molecule has 1 heterocycles. The van der Waals surface area contributed by atoms with Crippen molar-refractivity contribution in [3.63, 3.8) is 0 Å². The van der Waals surface area contributed by atoms with Gasteiger partial charge in [0.25, 0.3) is 5.91 Å². The number of carbonyl (C=O) groups excluding carboxylic acids is 1. The van der Waals surface area contributed by atoms with E-state index in [0.717, 1.165) is 11.1 Å². The Hall–Kier alpha value is -2.74. The van der Waals surface area contributed by atoms with E-state index >= 15 is 0 Å². The number of aromatic nitrogens is 2. The SMILES string of the molecule is COc1ccccc1NC(=O)C[n+]1ccn(CC(OCc2ccc(Cl)cc2Cl)c2ccc(Cl)cc2Cl)c1. The average Bonchev–Trinajstić information content (AvgIpc) is 3.29. The minimum absolute atomic E-state index is 0.124. The Bertz CT molecular complexity index is 1390. The number of carbonyl (C=O) groups is 1. The molecular formula is C27H24Cl4N3O3+. The second-order valence-corrected chi connectivity index (χ2v) is 9.92. The van der Waals surface area contributed by atoms with Gasteiger partial charge in [0.05, 0.1) is 19.4 Å². The van der Waals surface area contributed by atoms with Crippen LogP contribution in [0.4, 0.5) is 5.69 Å². The number of nitrogens with one attached hydrogen (secondary N) is 1. The fraction of sp³-hybridized carbons (Fsp3) is 0.185. The van der Waals surface area contributed by atoms with E-state index in [1.165, 1.54) is 0 Å². The molecule has 1 unspecified atom stereocenters. The van der Waals surface area contributed by atoms with Crippen LogP contribution in [0.15, 0.2) is 79.4 Å². The molecule has 1 aromatic heterocycles. The number of methoxy groups -OCH3 is 1. The Kier molecular flexibility index (Phi) is 9.35. The van der Waals surface area contributed by atoms with Gasteiger partial charge < -0.3 is 14.8 Å². The monoisotopic (exact) mass is 578 g/mol. The number of ether oxygens (including phenoxy) is 2. The lowest BCUT2D eigenvalue weighted by Crippen LogP contribution is -2.38. The predicted octanol–water partition coefficient (Wildman–Crippen LogP) is 6.99. The van der Waals surface area contributed by atoms with E-state index in [2.05, 4.69) is 5.32 Å². The highest BCUT2D eigenvalue weighted by Crippen LogP contribution is 2.31. The smallest absolute Gasteiger partial charge is 0.266 e. The van der Waals surface area contributed by atoms with Crippen molar-refractivity contribution in [2.45, 2.75) is 25.8 Å². The van der Waals surface area contributed by atoms with E-state index in [1.807, 2.05) is 47.6 Å². The highest BCUT2D eigenvalue weighted by Gasteiger charge is 2.21. The average molecular weight is 580 g/mol. The number of hydrogen-bond acceptors (Lipinski definition) is 3. The highest BCUT2D eigenvalue weighted by molar-refractivity contribution is 6.35. The standard InChI is InChI=1S/C27H23Cl4N3O3/c1-36-25-5-3-2-4-24(25)32-27(35)15-34-11-10-33(17-34)14-26(21-9-8-20(29)13-23(21)31)37-16-18-6-7-19(28)12-22(18)30/h2-13,17,26H,14-16H2,1H3/p+1. The van der Waals surface area contributed by atoms with Gasteiger partial charge in [0.1, 0.15) is 30.8 Å². The Morgan fingerprint density at radius 2 is 1.73 bits per heavy atom. The van der Waals surface area contributed by atoms with Crippen LogP contribution in [-0.4, -0.2) is 17.6 Å². The van der Waals surface area contributed by atoms with Gasteiger partial charge in [-0.3, -0.25) is 4.79 Å². The Labute approximate surface area is 235 Å². The van der Waals surface area contributed by atoms with Crippen LogP contribution in [0.1, 0.15) is 17.2 Å². The van der Waals surface area contributed by atoms with Gasteiger partial charge in [-0.05, 0) is 42.0 Å². The van der Waals surface area contributed by atoms with E-state index in [0.29, 0.717) is 38.1 Å². The summed E-state index contributed by atoms with van der Waals surface area (Å²) in [5.74, 6) is 0.414. The van der Waals surface area contributed by atoms with Gasteiger partial charge in [-0.1, -0.05) is 70.7 Å². The topological polar surface area (TPSA) is 56.4 Å². The largest absolute Gasteiger partial charge is 0.495 e. The summed E-state index contributed by atoms with van der Waals surface area (Å²) in [6, 6.07) is 17.8. The second kappa shape index (κ2) is 12.7. The van der Waals surface area contributed by atoms with Gasteiger partial charge in [0.2, 0.25) is 6.33 Å². The molecule has 1 atom stereocenters. The number of halogens is 4. The van der Waals surface area contributed by atoms with Gasteiger partial charge in [0, 0.05) is 25.7 Å². The molecule has 0 saturated heterocycles. The van der Waals surface area contributed by atoms with Crippen molar-refractivity contribution in [3.05, 3.63) is 111 Å². The zero-order valence-electron chi connectivity index (χ0n) is 19.8. The van der Waals surface area contributed by atoms with Crippen molar-refractivity contribution in [1.29, 1.82) is 0 Å². The van der Waals surface area contributed by atoms with Crippen LogP contribution in [0.25, 0.3) is 0 Å². The van der Waals surface area contributed by atoms with Crippen LogP contribution in [0.3, 0.4) is 0 Å². The summed E-state index contributed by atoms with van der Waals surface area (Å²) in [6.45, 7) is 0.814. The first-order valence-corrected chi connectivity index (χ1v) is 12.8. The third-order valence-electron chi connectivity index (χ3n) is 5.59. The zero-order chi connectivity index (χ0) is 26.4. The Morgan fingerprint density at radius 1 is 1.00 bits per heavy atom. The van der Waals surface area contributed by atoms with Gasteiger partial charge in [-0.25, -0.2) is 9.13 Å². The first kappa shape index (κ1) is 27.3. The van der Waals surface area contributed by atoms with Crippen LogP contribution < -0.4 is 14.6 Å². The molecule has 3 aromatic carbocycles. The summed E-state index contributed by atoms with van der Waals surface area (Å²) < 4.78 is 15.3. The minimum Gasteiger partial charge on any atom is -0.495 e. The maximum atomic E-state index is 12.6. The van der Waals surface area contributed by atoms with Crippen molar-refractivity contribution in [3.8, 4) is 5.75 Å². The molecule has 0 radical (unpaired) electrons. The van der Waals surface area contributed by atoms with Crippen molar-refractivity contribution in [2.75, 3.05) is 12.4 Å². The van der Waals surface area contributed by atoms with Crippen LogP contribution in [0, 0.1) is 0 Å². The number of para-hydroxylation sites is 2. The Morgan fingerprint density at radius 3 is 2.46 bits per heavy atom. The molecule has 0 aliphatic rings. The summed E-state index contributed by atoms with van der Waals surface area (Å²) in [4.78, 5) is 12.6. The summed E-state index contributed by atoms with van der Waals surface area (Å²) in [7, 11) is 1.56. The van der Waals surface area contributed by atoms with Crippen LogP contribution in [0.5, 0.6) is 5.75 Å². The molecule has 0 aliphatic heterocycles. The summed E-state index contributed by atoms with van der Waals surface area (Å²) >= 11 is 25.0. The first-order valence-electron chi connectivity index (χ1n) is 11.3. The van der Waals surface area contributed by atoms with Crippen LogP contribution in [0.2, 0.25) is 20.1 Å². The Balaban J connectivity index is 1.47. The fourth-order valence-corrected chi connectivity index (χ4v) is 4.76. The fourth-order valence-electron chi connectivity index (χ4n) is 3.77. The quantitative estimate of drug-likeness (QED) is 0.206. The molecule has 0 aliphatic carbocycles. The van der Waals surface area contributed by atoms with E-state index in [4.69, 9.17) is 55.9 Å². The summed E-state index contributed by atoms with van der Waals surface area (Å²) in [5.41, 5.74) is 2.20. The number of imidazole rings is 1. The van der Waals surface area contributed by atoms with E-state index in [-0.39, 0.29) is 19.1 Å². The third kappa shape index (κ3) is 7.40. The zero-order valence-corrected chi connectivity index (χ0v) is 22.9. The van der Waals surface area contributed by atoms with Gasteiger partial charge in [-0.15, -0.1) is 0 Å². The maximum absolute atomic E-state index is 12.6. The molecule has 0 bridgehead atoms. The van der Waals surface area contributed by atoms with Crippen molar-refractivity contribution < 1.29 is 18.8 Å². The van der Waals surface area contributed by atoms with E-state index in [9.17, 15) is 4.79 Å². The number of anilines is 1. The lowest BCUT2D eigenvalue weighted by Gasteiger charge is -2.19. The number of hydrogen-bond donors (Lipinski definition) is 1. The third-order valence-corrected chi connectivity index (χ3v) is 6.74. The van der Waals surface area contributed by atoms with Gasteiger partial charge in [0.15, 0.2) is 6.54 Å². The highest BCUT2D eigenvalue weighted by atomic mass is 35.5. The minimum atomic E-state index is -0.417. The van der Waals surface area contributed by atoms with Crippen molar-refractivity contribution in [1.82, 2.24) is 4.57 Å². The molecule has 1 N–H and O–H groups in total. The molecule has 6 nitrogen and oxygen atoms in total. The van der Waals surface area contributed by atoms with Crippen molar-refractivity contribution in [2.24, 2.45) is 0 Å². The van der Waals surface area contributed by atoms with Gasteiger partial charge >= 0.3 is 0 Å². The molecular weight excluding hydrogens is 556 g/mol. The number of nitrogens with zero attached hydrogens (tertiary/aromatic N) is 2. The second-order valence-electron chi connectivity index (χ2n) is 8.23. The first-order chi connectivity index (χ1) is 17.8. The molecule has 1 amide bonds. The lowest BCUT2D eigenvalue weighted by atomic mass is 10.1. The molecule has 0 saturated carbocycles. The molecule has 37 heavy (non-hydrogen) atoms. The maximum Gasteiger partial charge on any atom is 0.266 e. The summed E-state index contributed by atoms with van der Waals surface area (Å²) in [5, 5.41) is 4.98. The molecule has 4 aromatic rings. The molecule has 192 valence electrons. The van der Waals surface area contributed by atoms with E-state index < -0.39 is 6.10 Å². The van der Waals surface area contributed by atoms with E-state index in [1.54, 1.807) is 48.1 Å². The molecule has 10 heteroatoms. The predicted molar refractivity (Wildman–Crippen MR) is 147 cm³/mol. The van der Waals surface area contributed by atoms with Crippen LogP contribution >= 0.6 is 46.4 Å². The lowest BCUT2D eigenvalue weighted by molar-refractivity contribution is -0.683. The normalized spacial score (nSPS) is 11.8. The number of amides is 1. The van der Waals surface area contributed by atoms with Crippen molar-refractivity contribution >= 4 is 58.0 Å². The molecule has 0 fully saturated rings. The molecule has 0 spiro atoms. The molecule has 4 rings (SSSR count). The van der Waals surface area contributed by atoms with Gasteiger partial charge in [-0.2, -0.15) is 0 Å². The van der Waals surface area contributed by atoms with Crippen LogP contribution in [-0.2, 0) is 29.2 Å². The summed E-state index contributed by atoms with van der Waals surface area (Å²) in [6.07, 6.45) is 5.10.